The van der Waals surface area contributed by atoms with E-state index < -0.39 is 27.9 Å². The average Bonchev–Trinajstić information content (AvgIpc) is 2.74. The predicted molar refractivity (Wildman–Crippen MR) is 124 cm³/mol. The Morgan fingerprint density at radius 1 is 1.00 bits per heavy atom. The summed E-state index contributed by atoms with van der Waals surface area (Å²) in [6.45, 7) is 1.03. The van der Waals surface area contributed by atoms with Crippen molar-refractivity contribution in [3.8, 4) is 0 Å². The zero-order chi connectivity index (χ0) is 23.6. The van der Waals surface area contributed by atoms with E-state index in [-0.39, 0.29) is 25.3 Å². The van der Waals surface area contributed by atoms with Crippen LogP contribution in [-0.4, -0.2) is 57.5 Å². The summed E-state index contributed by atoms with van der Waals surface area (Å²) < 4.78 is 28.4. The normalized spacial score (nSPS) is 12.2. The molecule has 2 aromatic carbocycles. The molecule has 1 atom stereocenters. The number of hydrogen-bond acceptors (Lipinski definition) is 6. The third-order valence-electron chi connectivity index (χ3n) is 4.66. The third-order valence-corrected chi connectivity index (χ3v) is 5.63. The zero-order valence-electron chi connectivity index (χ0n) is 18.7. The van der Waals surface area contributed by atoms with Crippen molar-refractivity contribution in [3.05, 3.63) is 71.3 Å². The van der Waals surface area contributed by atoms with E-state index in [9.17, 15) is 18.0 Å². The van der Waals surface area contributed by atoms with Crippen molar-refractivity contribution in [2.75, 3.05) is 26.1 Å². The van der Waals surface area contributed by atoms with Gasteiger partial charge in [0.2, 0.25) is 5.91 Å². The van der Waals surface area contributed by atoms with Gasteiger partial charge in [-0.05, 0) is 37.2 Å². The molecule has 174 valence electrons. The van der Waals surface area contributed by atoms with Crippen LogP contribution in [0.3, 0.4) is 0 Å². The van der Waals surface area contributed by atoms with Crippen LogP contribution in [0, 0.1) is 0 Å². The molecule has 0 aliphatic carbocycles. The van der Waals surface area contributed by atoms with Crippen LogP contribution in [0.15, 0.2) is 54.6 Å². The minimum atomic E-state index is -3.31. The lowest BCUT2D eigenvalue weighted by atomic mass is 10.1. The van der Waals surface area contributed by atoms with Gasteiger partial charge in [-0.3, -0.25) is 4.79 Å². The van der Waals surface area contributed by atoms with Gasteiger partial charge in [-0.2, -0.15) is 0 Å². The molecule has 0 aromatic heterocycles. The van der Waals surface area contributed by atoms with Gasteiger partial charge in [-0.1, -0.05) is 54.6 Å². The fourth-order valence-electron chi connectivity index (χ4n) is 3.04. The number of rotatable bonds is 11. The lowest BCUT2D eigenvalue weighted by Crippen LogP contribution is -2.47. The predicted octanol–water partition coefficient (Wildman–Crippen LogP) is 2.09. The topological polar surface area (TPSA) is 105 Å². The van der Waals surface area contributed by atoms with E-state index in [1.165, 1.54) is 0 Å². The second-order valence-corrected chi connectivity index (χ2v) is 10.2. The van der Waals surface area contributed by atoms with Crippen LogP contribution in [0.2, 0.25) is 0 Å². The Labute approximate surface area is 189 Å². The molecule has 0 aliphatic heterocycles. The second kappa shape index (κ2) is 12.2. The maximum atomic E-state index is 12.8. The minimum absolute atomic E-state index is 0.0466. The molecule has 2 N–H and O–H groups in total. The molecule has 0 saturated carbocycles. The van der Waals surface area contributed by atoms with E-state index in [4.69, 9.17) is 4.74 Å². The standard InChI is InChI=1S/C23H31N3O5S/c1-26(2)16-20-12-8-7-11-19(20)15-24-22(27)21(13-14-32(3,29)30)25-23(28)31-17-18-9-5-4-6-10-18/h4-12,21H,13-17H2,1-3H3,(H,24,27)(H,25,28). The number of sulfone groups is 1. The van der Waals surface area contributed by atoms with Crippen molar-refractivity contribution in [2.45, 2.75) is 32.2 Å². The molecule has 0 heterocycles. The molecule has 0 radical (unpaired) electrons. The van der Waals surface area contributed by atoms with Crippen LogP contribution in [0.1, 0.15) is 23.1 Å². The Hall–Kier alpha value is -2.91. The molecule has 2 amide bonds. The van der Waals surface area contributed by atoms with Gasteiger partial charge in [0.05, 0.1) is 5.75 Å². The molecule has 9 heteroatoms. The van der Waals surface area contributed by atoms with Crippen LogP contribution in [0.5, 0.6) is 0 Å². The van der Waals surface area contributed by atoms with E-state index in [1.54, 1.807) is 0 Å². The number of ether oxygens (including phenoxy) is 1. The largest absolute Gasteiger partial charge is 0.445 e. The summed E-state index contributed by atoms with van der Waals surface area (Å²) in [4.78, 5) is 27.1. The summed E-state index contributed by atoms with van der Waals surface area (Å²) in [6.07, 6.45) is 0.257. The van der Waals surface area contributed by atoms with Crippen molar-refractivity contribution in [1.29, 1.82) is 0 Å². The number of carbonyl (C=O) groups is 2. The first-order chi connectivity index (χ1) is 15.1. The smallest absolute Gasteiger partial charge is 0.408 e. The highest BCUT2D eigenvalue weighted by molar-refractivity contribution is 7.90. The summed E-state index contributed by atoms with van der Waals surface area (Å²) in [6, 6.07) is 15.8. The maximum absolute atomic E-state index is 12.8. The molecular formula is C23H31N3O5S. The number of nitrogens with one attached hydrogen (secondary N) is 2. The maximum Gasteiger partial charge on any atom is 0.408 e. The quantitative estimate of drug-likeness (QED) is 0.531. The van der Waals surface area contributed by atoms with Crippen molar-refractivity contribution in [3.63, 3.8) is 0 Å². The molecule has 2 rings (SSSR count). The number of amides is 2. The third kappa shape index (κ3) is 9.49. The van der Waals surface area contributed by atoms with Gasteiger partial charge in [0.25, 0.3) is 0 Å². The summed E-state index contributed by atoms with van der Waals surface area (Å²) in [7, 11) is 0.611. The van der Waals surface area contributed by atoms with Crippen molar-refractivity contribution >= 4 is 21.8 Å². The zero-order valence-corrected chi connectivity index (χ0v) is 19.5. The first-order valence-corrected chi connectivity index (χ1v) is 12.3. The Balaban J connectivity index is 2.00. The fourth-order valence-corrected chi connectivity index (χ4v) is 3.70. The van der Waals surface area contributed by atoms with Gasteiger partial charge in [-0.25, -0.2) is 13.2 Å². The van der Waals surface area contributed by atoms with Crippen LogP contribution in [-0.2, 0) is 39.1 Å². The average molecular weight is 462 g/mol. The van der Waals surface area contributed by atoms with Gasteiger partial charge >= 0.3 is 6.09 Å². The molecule has 0 fully saturated rings. The number of hydrogen-bond donors (Lipinski definition) is 2. The molecule has 0 saturated heterocycles. The fraction of sp³-hybridized carbons (Fsp3) is 0.391. The van der Waals surface area contributed by atoms with Crippen LogP contribution >= 0.6 is 0 Å². The molecule has 0 aliphatic rings. The monoisotopic (exact) mass is 461 g/mol. The van der Waals surface area contributed by atoms with E-state index in [0.29, 0.717) is 6.54 Å². The summed E-state index contributed by atoms with van der Waals surface area (Å²) in [5.41, 5.74) is 2.82. The van der Waals surface area contributed by atoms with Crippen molar-refractivity contribution < 1.29 is 22.7 Å². The Morgan fingerprint density at radius 2 is 1.62 bits per heavy atom. The van der Waals surface area contributed by atoms with Crippen LogP contribution < -0.4 is 10.6 Å². The highest BCUT2D eigenvalue weighted by atomic mass is 32.2. The van der Waals surface area contributed by atoms with Crippen LogP contribution in [0.4, 0.5) is 4.79 Å². The SMILES string of the molecule is CN(C)Cc1ccccc1CNC(=O)C(CCS(C)(=O)=O)NC(=O)OCc1ccccc1. The molecule has 0 spiro atoms. The first-order valence-electron chi connectivity index (χ1n) is 10.3. The highest BCUT2D eigenvalue weighted by Gasteiger charge is 2.23. The number of alkyl carbamates (subject to hydrolysis) is 1. The number of benzene rings is 2. The van der Waals surface area contributed by atoms with Gasteiger partial charge < -0.3 is 20.3 Å². The summed E-state index contributed by atoms with van der Waals surface area (Å²) >= 11 is 0. The number of carbonyl (C=O) groups excluding carboxylic acids is 2. The van der Waals surface area contributed by atoms with E-state index in [2.05, 4.69) is 10.6 Å². The summed E-state index contributed by atoms with van der Waals surface area (Å²) in [5.74, 6) is -0.702. The second-order valence-electron chi connectivity index (χ2n) is 7.90. The molecule has 1 unspecified atom stereocenters. The Morgan fingerprint density at radius 3 is 2.25 bits per heavy atom. The molecule has 2 aromatic rings. The summed E-state index contributed by atoms with van der Waals surface area (Å²) in [5, 5.41) is 5.30. The lowest BCUT2D eigenvalue weighted by Gasteiger charge is -2.19. The van der Waals surface area contributed by atoms with Crippen LogP contribution in [0.25, 0.3) is 0 Å². The van der Waals surface area contributed by atoms with E-state index in [0.717, 1.165) is 22.9 Å². The van der Waals surface area contributed by atoms with Crippen molar-refractivity contribution in [2.24, 2.45) is 0 Å². The highest BCUT2D eigenvalue weighted by Crippen LogP contribution is 2.11. The molecule has 0 bridgehead atoms. The number of nitrogens with zero attached hydrogens (tertiary/aromatic N) is 1. The first kappa shape index (κ1) is 25.4. The van der Waals surface area contributed by atoms with E-state index >= 15 is 0 Å². The molecule has 8 nitrogen and oxygen atoms in total. The van der Waals surface area contributed by atoms with Gasteiger partial charge in [0.15, 0.2) is 0 Å². The minimum Gasteiger partial charge on any atom is -0.445 e. The van der Waals surface area contributed by atoms with E-state index in [1.807, 2.05) is 73.6 Å². The molecular weight excluding hydrogens is 430 g/mol. The van der Waals surface area contributed by atoms with Crippen molar-refractivity contribution in [1.82, 2.24) is 15.5 Å². The lowest BCUT2D eigenvalue weighted by molar-refractivity contribution is -0.123. The molecule has 32 heavy (non-hydrogen) atoms. The van der Waals surface area contributed by atoms with Gasteiger partial charge in [0.1, 0.15) is 22.5 Å². The van der Waals surface area contributed by atoms with Gasteiger partial charge in [-0.15, -0.1) is 0 Å². The van der Waals surface area contributed by atoms with Gasteiger partial charge in [0, 0.05) is 19.3 Å². The Kier molecular flexibility index (Phi) is 9.67. The Bertz CT molecular complexity index is 994.